The number of hydrogen-bond acceptors (Lipinski definition) is 4. The summed E-state index contributed by atoms with van der Waals surface area (Å²) in [6.45, 7) is 6.98. The number of fused-ring (bicyclic) bond motifs is 1. The minimum atomic E-state index is -0.139. The molecule has 1 aliphatic carbocycles. The van der Waals surface area contributed by atoms with E-state index in [1.807, 2.05) is 42.8 Å². The molecular weight excluding hydrogens is 380 g/mol. The maximum Gasteiger partial charge on any atom is 0.281 e. The van der Waals surface area contributed by atoms with Crippen molar-refractivity contribution in [2.75, 3.05) is 0 Å². The Bertz CT molecular complexity index is 1050. The maximum atomic E-state index is 12.5. The van der Waals surface area contributed by atoms with Crippen molar-refractivity contribution in [1.82, 2.24) is 15.2 Å². The van der Waals surface area contributed by atoms with Crippen molar-refractivity contribution >= 4 is 23.5 Å². The molecule has 2 heterocycles. The second-order valence-corrected chi connectivity index (χ2v) is 8.97. The van der Waals surface area contributed by atoms with Gasteiger partial charge in [0.05, 0.1) is 23.3 Å². The van der Waals surface area contributed by atoms with Crippen LogP contribution in [0.1, 0.15) is 56.0 Å². The first kappa shape index (κ1) is 19.6. The topological polar surface area (TPSA) is 59.3 Å². The first-order valence-electron chi connectivity index (χ1n) is 10.0. The molecule has 0 spiro atoms. The average Bonchev–Trinajstić information content (AvgIpc) is 3.24. The van der Waals surface area contributed by atoms with Crippen LogP contribution in [0.3, 0.4) is 0 Å². The highest BCUT2D eigenvalue weighted by Gasteiger charge is 2.20. The van der Waals surface area contributed by atoms with Gasteiger partial charge in [-0.2, -0.15) is 10.2 Å². The summed E-state index contributed by atoms with van der Waals surface area (Å²) in [5.74, 6) is 0.560. The fourth-order valence-corrected chi connectivity index (χ4v) is 4.93. The first-order chi connectivity index (χ1) is 14.0. The van der Waals surface area contributed by atoms with E-state index in [-0.39, 0.29) is 5.91 Å². The van der Waals surface area contributed by atoms with Gasteiger partial charge in [0.15, 0.2) is 0 Å². The second-order valence-electron chi connectivity index (χ2n) is 7.83. The molecule has 150 valence electrons. The van der Waals surface area contributed by atoms with Gasteiger partial charge in [-0.25, -0.2) is 5.43 Å². The molecule has 0 bridgehead atoms. The van der Waals surface area contributed by atoms with E-state index in [0.717, 1.165) is 34.7 Å². The van der Waals surface area contributed by atoms with Crippen molar-refractivity contribution in [3.63, 3.8) is 0 Å². The smallest absolute Gasteiger partial charge is 0.266 e. The van der Waals surface area contributed by atoms with Gasteiger partial charge in [0, 0.05) is 16.1 Å². The maximum absolute atomic E-state index is 12.5. The molecule has 1 amide bonds. The Morgan fingerprint density at radius 1 is 1.34 bits per heavy atom. The monoisotopic (exact) mass is 406 g/mol. The summed E-state index contributed by atoms with van der Waals surface area (Å²) in [4.78, 5) is 14.6. The Hall–Kier alpha value is -2.73. The van der Waals surface area contributed by atoms with Gasteiger partial charge in [0.2, 0.25) is 0 Å². The molecular formula is C23H26N4OS. The molecule has 1 aliphatic rings. The third-order valence-corrected chi connectivity index (χ3v) is 6.76. The van der Waals surface area contributed by atoms with Gasteiger partial charge in [-0.3, -0.25) is 9.48 Å². The molecule has 1 aromatic carbocycles. The van der Waals surface area contributed by atoms with Gasteiger partial charge < -0.3 is 0 Å². The lowest BCUT2D eigenvalue weighted by atomic mass is 9.90. The third kappa shape index (κ3) is 4.32. The summed E-state index contributed by atoms with van der Waals surface area (Å²) in [6.07, 6.45) is 5.06. The highest BCUT2D eigenvalue weighted by molar-refractivity contribution is 7.14. The normalized spacial score (nSPS) is 16.2. The van der Waals surface area contributed by atoms with Gasteiger partial charge in [-0.05, 0) is 56.2 Å². The first-order valence-corrected chi connectivity index (χ1v) is 10.9. The van der Waals surface area contributed by atoms with E-state index in [1.54, 1.807) is 17.6 Å². The average molecular weight is 407 g/mol. The summed E-state index contributed by atoms with van der Waals surface area (Å²) in [5.41, 5.74) is 8.09. The highest BCUT2D eigenvalue weighted by atomic mass is 32.1. The largest absolute Gasteiger partial charge is 0.281 e. The minimum Gasteiger partial charge on any atom is -0.266 e. The van der Waals surface area contributed by atoms with Gasteiger partial charge in [-0.1, -0.05) is 37.3 Å². The lowest BCUT2D eigenvalue weighted by Crippen LogP contribution is -2.16. The van der Waals surface area contributed by atoms with Crippen LogP contribution in [0.4, 0.5) is 0 Å². The van der Waals surface area contributed by atoms with E-state index >= 15 is 0 Å². The van der Waals surface area contributed by atoms with Gasteiger partial charge in [-0.15, -0.1) is 11.3 Å². The zero-order valence-electron chi connectivity index (χ0n) is 17.1. The van der Waals surface area contributed by atoms with Crippen LogP contribution in [-0.2, 0) is 19.4 Å². The molecule has 1 N–H and O–H groups in total. The van der Waals surface area contributed by atoms with Crippen LogP contribution >= 0.6 is 11.3 Å². The van der Waals surface area contributed by atoms with Gasteiger partial charge >= 0.3 is 0 Å². The molecule has 0 aliphatic heterocycles. The number of nitrogens with zero attached hydrogens (tertiary/aromatic N) is 3. The molecule has 5 nitrogen and oxygen atoms in total. The number of nitrogens with one attached hydrogen (secondary N) is 1. The van der Waals surface area contributed by atoms with Crippen LogP contribution < -0.4 is 5.43 Å². The number of aryl methyl sites for hydroxylation is 2. The predicted octanol–water partition coefficient (Wildman–Crippen LogP) is 4.50. The lowest BCUT2D eigenvalue weighted by Gasteiger charge is -2.16. The molecule has 6 heteroatoms. The number of thiophene rings is 1. The Balaban J connectivity index is 1.44. The summed E-state index contributed by atoms with van der Waals surface area (Å²) < 4.78 is 1.97. The summed E-state index contributed by atoms with van der Waals surface area (Å²) in [6, 6.07) is 12.3. The SMILES string of the molecule is Cc1nn(Cc2ccccc2)c(C)c1/C=N\NC(=O)c1cc2c(s1)CC[C@H](C)C2. The van der Waals surface area contributed by atoms with E-state index in [4.69, 9.17) is 0 Å². The van der Waals surface area contributed by atoms with Crippen molar-refractivity contribution in [1.29, 1.82) is 0 Å². The Labute approximate surface area is 175 Å². The van der Waals surface area contributed by atoms with E-state index in [2.05, 4.69) is 34.7 Å². The van der Waals surface area contributed by atoms with E-state index < -0.39 is 0 Å². The molecule has 0 saturated heterocycles. The highest BCUT2D eigenvalue weighted by Crippen LogP contribution is 2.32. The molecule has 3 aromatic rings. The molecule has 0 radical (unpaired) electrons. The number of carbonyl (C=O) groups is 1. The number of aromatic nitrogens is 2. The number of hydrazone groups is 1. The van der Waals surface area contributed by atoms with Crippen molar-refractivity contribution in [2.45, 2.75) is 46.6 Å². The van der Waals surface area contributed by atoms with Crippen molar-refractivity contribution in [3.8, 4) is 0 Å². The summed E-state index contributed by atoms with van der Waals surface area (Å²) >= 11 is 1.60. The fourth-order valence-electron chi connectivity index (χ4n) is 3.84. The van der Waals surface area contributed by atoms with Crippen LogP contribution in [0.15, 0.2) is 41.5 Å². The number of hydrogen-bond donors (Lipinski definition) is 1. The third-order valence-electron chi connectivity index (χ3n) is 5.53. The summed E-state index contributed by atoms with van der Waals surface area (Å²) in [7, 11) is 0. The molecule has 0 unspecified atom stereocenters. The van der Waals surface area contributed by atoms with Crippen molar-refractivity contribution in [3.05, 3.63) is 74.2 Å². The second kappa shape index (κ2) is 8.33. The number of benzene rings is 1. The van der Waals surface area contributed by atoms with Crippen LogP contribution in [0, 0.1) is 19.8 Å². The fraction of sp³-hybridized carbons (Fsp3) is 0.348. The number of amides is 1. The zero-order chi connectivity index (χ0) is 20.4. The van der Waals surface area contributed by atoms with Crippen molar-refractivity contribution in [2.24, 2.45) is 11.0 Å². The van der Waals surface area contributed by atoms with Crippen LogP contribution in [-0.4, -0.2) is 21.9 Å². The minimum absolute atomic E-state index is 0.139. The van der Waals surface area contributed by atoms with Crippen LogP contribution in [0.2, 0.25) is 0 Å². The predicted molar refractivity (Wildman–Crippen MR) is 118 cm³/mol. The molecule has 4 rings (SSSR count). The Kier molecular flexibility index (Phi) is 5.62. The standard InChI is InChI=1S/C23H26N4OS/c1-15-9-10-21-19(11-15)12-22(29-21)23(28)25-24-13-20-16(2)26-27(17(20)3)14-18-7-5-4-6-8-18/h4-8,12-13,15H,9-11,14H2,1-3H3,(H,25,28)/b24-13-/t15-/m0/s1. The van der Waals surface area contributed by atoms with Crippen LogP contribution in [0.5, 0.6) is 0 Å². The molecule has 0 saturated carbocycles. The van der Waals surface area contributed by atoms with Gasteiger partial charge in [0.25, 0.3) is 5.91 Å². The van der Waals surface area contributed by atoms with Crippen molar-refractivity contribution < 1.29 is 4.79 Å². The van der Waals surface area contributed by atoms with E-state index in [9.17, 15) is 4.79 Å². The quantitative estimate of drug-likeness (QED) is 0.501. The molecule has 2 aromatic heterocycles. The van der Waals surface area contributed by atoms with Gasteiger partial charge in [0.1, 0.15) is 0 Å². The van der Waals surface area contributed by atoms with E-state index in [1.165, 1.54) is 22.4 Å². The summed E-state index contributed by atoms with van der Waals surface area (Å²) in [5, 5.41) is 8.84. The molecule has 29 heavy (non-hydrogen) atoms. The van der Waals surface area contributed by atoms with E-state index in [0.29, 0.717) is 12.5 Å². The number of carbonyl (C=O) groups excluding carboxylic acids is 1. The number of rotatable bonds is 5. The zero-order valence-corrected chi connectivity index (χ0v) is 17.9. The molecule has 1 atom stereocenters. The lowest BCUT2D eigenvalue weighted by molar-refractivity contribution is 0.0959. The molecule has 0 fully saturated rings. The Morgan fingerprint density at radius 3 is 2.93 bits per heavy atom. The Morgan fingerprint density at radius 2 is 2.14 bits per heavy atom. The van der Waals surface area contributed by atoms with Crippen LogP contribution in [0.25, 0.3) is 0 Å².